The van der Waals surface area contributed by atoms with E-state index in [2.05, 4.69) is 3.63 Å². The summed E-state index contributed by atoms with van der Waals surface area (Å²) in [5.41, 5.74) is 0. The van der Waals surface area contributed by atoms with Crippen LogP contribution in [0.25, 0.3) is 0 Å². The molecule has 0 atom stereocenters. The molecule has 1 saturated heterocycles. The van der Waals surface area contributed by atoms with Gasteiger partial charge < -0.3 is 0 Å². The molecule has 0 aromatic heterocycles. The Bertz CT molecular complexity index is 459. The molecule has 16 heavy (non-hydrogen) atoms. The SMILES string of the molecule is O=S1(=O)OS(=O)(=O)C1(C(F)(F)F)C(F)(F)F. The summed E-state index contributed by atoms with van der Waals surface area (Å²) >= 11 is 0. The molecule has 0 aromatic carbocycles. The minimum atomic E-state index is -6.58. The molecule has 0 aliphatic carbocycles. The van der Waals surface area contributed by atoms with E-state index in [9.17, 15) is 43.2 Å². The van der Waals surface area contributed by atoms with Gasteiger partial charge >= 0.3 is 36.7 Å². The quantitative estimate of drug-likeness (QED) is 0.608. The van der Waals surface area contributed by atoms with Crippen LogP contribution in [0.1, 0.15) is 0 Å². The zero-order valence-electron chi connectivity index (χ0n) is 6.63. The Morgan fingerprint density at radius 3 is 1.06 bits per heavy atom. The van der Waals surface area contributed by atoms with Gasteiger partial charge in [0.05, 0.1) is 0 Å². The van der Waals surface area contributed by atoms with Gasteiger partial charge in [-0.05, 0) is 0 Å². The predicted octanol–water partition coefficient (Wildman–Crippen LogP) is 0.497. The van der Waals surface area contributed by atoms with Gasteiger partial charge in [0.15, 0.2) is 0 Å². The van der Waals surface area contributed by atoms with Crippen LogP contribution in [-0.2, 0) is 23.9 Å². The zero-order chi connectivity index (χ0) is 13.2. The minimum absolute atomic E-state index is 2.69. The fourth-order valence-electron chi connectivity index (χ4n) is 1.04. The smallest absolute Gasteiger partial charge is 0.196 e. The number of hydrogen-bond donors (Lipinski definition) is 0. The van der Waals surface area contributed by atoms with Crippen LogP contribution in [0.3, 0.4) is 0 Å². The van der Waals surface area contributed by atoms with E-state index < -0.39 is 36.7 Å². The number of halogens is 6. The molecule has 0 aromatic rings. The summed E-state index contributed by atoms with van der Waals surface area (Å²) in [6, 6.07) is 0. The lowest BCUT2D eigenvalue weighted by Crippen LogP contribution is -2.74. The first-order valence-electron chi connectivity index (χ1n) is 3.04. The van der Waals surface area contributed by atoms with Crippen LogP contribution >= 0.6 is 0 Å². The van der Waals surface area contributed by atoms with Gasteiger partial charge in [-0.3, -0.25) is 0 Å². The van der Waals surface area contributed by atoms with Crippen LogP contribution < -0.4 is 0 Å². The van der Waals surface area contributed by atoms with Crippen LogP contribution in [0, 0.1) is 0 Å². The maximum Gasteiger partial charge on any atom is 0.436 e. The van der Waals surface area contributed by atoms with Crippen molar-refractivity contribution in [2.45, 2.75) is 16.4 Å². The largest absolute Gasteiger partial charge is 0.436 e. The molecule has 0 bridgehead atoms. The third kappa shape index (κ3) is 1.21. The van der Waals surface area contributed by atoms with Crippen molar-refractivity contribution in [1.82, 2.24) is 0 Å². The van der Waals surface area contributed by atoms with E-state index in [4.69, 9.17) is 0 Å². The molecule has 0 amide bonds. The highest BCUT2D eigenvalue weighted by Gasteiger charge is 2.94. The normalized spacial score (nSPS) is 27.1. The lowest BCUT2D eigenvalue weighted by Gasteiger charge is -2.39. The molecule has 1 rings (SSSR count). The van der Waals surface area contributed by atoms with E-state index in [0.717, 1.165) is 0 Å². The monoisotopic (exact) mass is 294 g/mol. The molecule has 0 N–H and O–H groups in total. The van der Waals surface area contributed by atoms with Gasteiger partial charge in [0.2, 0.25) is 0 Å². The highest BCUT2D eigenvalue weighted by molar-refractivity contribution is 8.18. The van der Waals surface area contributed by atoms with E-state index in [-0.39, 0.29) is 0 Å². The lowest BCUT2D eigenvalue weighted by atomic mass is 10.4. The molecule has 0 unspecified atom stereocenters. The first kappa shape index (κ1) is 13.5. The Hall–Kier alpha value is -0.560. The van der Waals surface area contributed by atoms with Gasteiger partial charge in [-0.1, -0.05) is 0 Å². The first-order valence-corrected chi connectivity index (χ1v) is 5.86. The van der Waals surface area contributed by atoms with Gasteiger partial charge in [0.25, 0.3) is 0 Å². The Labute approximate surface area is 84.2 Å². The fraction of sp³-hybridized carbons (Fsp3) is 1.00. The summed E-state index contributed by atoms with van der Waals surface area (Å²) in [4.78, 5) is 0. The molecule has 5 nitrogen and oxygen atoms in total. The number of rotatable bonds is 0. The standard InChI is InChI=1S/C3F6O5S2/c4-2(5,6)1(3(7,8)9)15(10,11)14-16(1,12)13. The van der Waals surface area contributed by atoms with Crippen molar-refractivity contribution in [3.05, 3.63) is 0 Å². The van der Waals surface area contributed by atoms with Crippen molar-refractivity contribution < 1.29 is 46.8 Å². The molecule has 1 aliphatic rings. The highest BCUT2D eigenvalue weighted by atomic mass is 32.4. The van der Waals surface area contributed by atoms with Crippen molar-refractivity contribution in [1.29, 1.82) is 0 Å². The summed E-state index contributed by atoms with van der Waals surface area (Å²) in [6.45, 7) is 0. The summed E-state index contributed by atoms with van der Waals surface area (Å²) in [5.74, 6) is 0. The molecule has 0 spiro atoms. The van der Waals surface area contributed by atoms with Crippen LogP contribution in [0.15, 0.2) is 0 Å². The zero-order valence-corrected chi connectivity index (χ0v) is 8.26. The van der Waals surface area contributed by atoms with Gasteiger partial charge in [0.1, 0.15) is 0 Å². The first-order chi connectivity index (χ1) is 6.71. The summed E-state index contributed by atoms with van der Waals surface area (Å²) in [5, 5.41) is 0. The fourth-order valence-corrected chi connectivity index (χ4v) is 4.69. The topological polar surface area (TPSA) is 77.5 Å². The molecule has 1 aliphatic heterocycles. The third-order valence-electron chi connectivity index (χ3n) is 1.63. The second kappa shape index (κ2) is 2.81. The van der Waals surface area contributed by atoms with Crippen LogP contribution in [-0.4, -0.2) is 33.3 Å². The molecule has 0 radical (unpaired) electrons. The van der Waals surface area contributed by atoms with E-state index in [1.54, 1.807) is 0 Å². The second-order valence-corrected chi connectivity index (χ2v) is 6.43. The summed E-state index contributed by atoms with van der Waals surface area (Å²) in [6.07, 6.45) is -13.2. The summed E-state index contributed by atoms with van der Waals surface area (Å²) in [7, 11) is -12.7. The Morgan fingerprint density at radius 2 is 1.00 bits per heavy atom. The molecular weight excluding hydrogens is 294 g/mol. The molecule has 0 saturated carbocycles. The molecular formula is C3F6O5S2. The van der Waals surface area contributed by atoms with Gasteiger partial charge in [-0.2, -0.15) is 43.2 Å². The molecule has 1 heterocycles. The van der Waals surface area contributed by atoms with Crippen LogP contribution in [0.4, 0.5) is 26.3 Å². The van der Waals surface area contributed by atoms with Crippen molar-refractivity contribution in [3.63, 3.8) is 0 Å². The lowest BCUT2D eigenvalue weighted by molar-refractivity contribution is -0.247. The third-order valence-corrected chi connectivity index (χ3v) is 6.62. The van der Waals surface area contributed by atoms with Gasteiger partial charge in [-0.25, -0.2) is 0 Å². The van der Waals surface area contributed by atoms with Gasteiger partial charge in [-0.15, -0.1) is 3.63 Å². The highest BCUT2D eigenvalue weighted by Crippen LogP contribution is 2.59. The molecule has 13 heteroatoms. The molecule has 1 fully saturated rings. The number of alkyl halides is 6. The Morgan fingerprint density at radius 1 is 0.750 bits per heavy atom. The van der Waals surface area contributed by atoms with Crippen LogP contribution in [0.5, 0.6) is 0 Å². The Balaban J connectivity index is 3.76. The summed E-state index contributed by atoms with van der Waals surface area (Å²) < 4.78 is 111. The average Bonchev–Trinajstić information content (AvgIpc) is 1.70. The molecule has 96 valence electrons. The van der Waals surface area contributed by atoms with Crippen molar-refractivity contribution in [3.8, 4) is 0 Å². The second-order valence-electron chi connectivity index (χ2n) is 2.59. The van der Waals surface area contributed by atoms with E-state index in [1.807, 2.05) is 0 Å². The maximum absolute atomic E-state index is 12.1. The number of hydrogen-bond acceptors (Lipinski definition) is 5. The minimum Gasteiger partial charge on any atom is -0.196 e. The van der Waals surface area contributed by atoms with Crippen molar-refractivity contribution in [2.24, 2.45) is 0 Å². The van der Waals surface area contributed by atoms with E-state index in [1.165, 1.54) is 0 Å². The Kier molecular flexibility index (Phi) is 2.38. The van der Waals surface area contributed by atoms with E-state index >= 15 is 0 Å². The van der Waals surface area contributed by atoms with Crippen molar-refractivity contribution in [2.75, 3.05) is 0 Å². The average molecular weight is 294 g/mol. The van der Waals surface area contributed by atoms with Crippen molar-refractivity contribution >= 4 is 20.2 Å². The van der Waals surface area contributed by atoms with E-state index in [0.29, 0.717) is 0 Å². The maximum atomic E-state index is 12.1. The predicted molar refractivity (Wildman–Crippen MR) is 33.8 cm³/mol. The van der Waals surface area contributed by atoms with Crippen LogP contribution in [0.2, 0.25) is 0 Å². The van der Waals surface area contributed by atoms with Gasteiger partial charge in [0, 0.05) is 0 Å².